The summed E-state index contributed by atoms with van der Waals surface area (Å²) in [6.07, 6.45) is 1.00. The minimum Gasteiger partial charge on any atom is -0.480 e. The molecule has 1 aliphatic heterocycles. The number of carbonyl (C=O) groups is 3. The maximum atomic E-state index is 13.1. The van der Waals surface area contributed by atoms with Crippen molar-refractivity contribution in [1.82, 2.24) is 10.2 Å². The molecule has 1 saturated heterocycles. The number of nitrogens with one attached hydrogen (secondary N) is 2. The van der Waals surface area contributed by atoms with Crippen LogP contribution in [0.5, 0.6) is 5.75 Å². The van der Waals surface area contributed by atoms with Crippen LogP contribution >= 0.6 is 0 Å². The minimum atomic E-state index is -1.21. The van der Waals surface area contributed by atoms with Gasteiger partial charge in [0.2, 0.25) is 5.91 Å². The average molecular weight is 522 g/mol. The molecule has 2 aromatic carbocycles. The van der Waals surface area contributed by atoms with Crippen LogP contribution in [0.3, 0.4) is 0 Å². The van der Waals surface area contributed by atoms with Crippen LogP contribution in [-0.2, 0) is 14.3 Å². The van der Waals surface area contributed by atoms with E-state index in [1.165, 1.54) is 12.3 Å². The maximum absolute atomic E-state index is 13.1. The second-order valence-corrected chi connectivity index (χ2v) is 10.4. The number of likely N-dealkylation sites (tertiary alicyclic amines) is 1. The molecule has 200 valence electrons. The van der Waals surface area contributed by atoms with Gasteiger partial charge < -0.3 is 29.9 Å². The quantitative estimate of drug-likeness (QED) is 0.349. The van der Waals surface area contributed by atoms with Gasteiger partial charge in [-0.3, -0.25) is 10.2 Å². The molecule has 1 aliphatic carbocycles. The molecule has 1 heterocycles. The fraction of sp³-hybridized carbons (Fsp3) is 0.357. The molecule has 0 radical (unpaired) electrons. The highest BCUT2D eigenvalue weighted by atomic mass is 16.5. The summed E-state index contributed by atoms with van der Waals surface area (Å²) in [7, 11) is 0. The minimum absolute atomic E-state index is 0.0640. The molecule has 3 atom stereocenters. The van der Waals surface area contributed by atoms with E-state index in [4.69, 9.17) is 14.9 Å². The van der Waals surface area contributed by atoms with Crippen molar-refractivity contribution in [3.05, 3.63) is 65.9 Å². The molecule has 0 unspecified atom stereocenters. The van der Waals surface area contributed by atoms with Crippen LogP contribution in [0.15, 0.2) is 54.8 Å². The lowest BCUT2D eigenvalue weighted by molar-refractivity contribution is -0.150. The molecule has 0 aromatic heterocycles. The van der Waals surface area contributed by atoms with Crippen LogP contribution in [0, 0.1) is 10.8 Å². The summed E-state index contributed by atoms with van der Waals surface area (Å²) in [6.45, 7) is 4.96. The second-order valence-electron chi connectivity index (χ2n) is 10.4. The SMILES string of the molecule is CC(C)(C)[C@H](NC(=O)OCC=COc1ccc2c(c1)C(=N)c1ccccc1-2)C(=O)N1C[C@H](O)C[C@H]1C(=O)O. The standard InChI is InChI=1S/C28H31N3O7/c1-28(2,3)24(25(33)31-15-16(32)13-22(31)26(34)35)30-27(36)38-12-6-11-37-17-9-10-19-18-7-4-5-8-20(18)23(29)21(19)14-17/h4-11,14,16,22,24,29,32H,12-13,15H2,1-3H3,(H,30,36)(H,34,35)/t16-,22+,24-/m1/s1. The largest absolute Gasteiger partial charge is 0.480 e. The lowest BCUT2D eigenvalue weighted by Gasteiger charge is -2.34. The number of aliphatic hydroxyl groups excluding tert-OH is 1. The molecule has 2 aliphatic rings. The number of hydrogen-bond donors (Lipinski definition) is 4. The van der Waals surface area contributed by atoms with Crippen LogP contribution in [0.1, 0.15) is 38.3 Å². The van der Waals surface area contributed by atoms with Crippen molar-refractivity contribution in [3.8, 4) is 16.9 Å². The number of nitrogens with zero attached hydrogens (tertiary/aromatic N) is 1. The van der Waals surface area contributed by atoms with E-state index < -0.39 is 41.6 Å². The molecular weight excluding hydrogens is 490 g/mol. The Morgan fingerprint density at radius 1 is 1.13 bits per heavy atom. The van der Waals surface area contributed by atoms with Crippen LogP contribution in [0.4, 0.5) is 4.79 Å². The van der Waals surface area contributed by atoms with Crippen molar-refractivity contribution in [1.29, 1.82) is 5.41 Å². The average Bonchev–Trinajstić information content (AvgIpc) is 3.39. The number of carbonyl (C=O) groups excluding carboxylic acids is 2. The molecule has 0 bridgehead atoms. The van der Waals surface area contributed by atoms with E-state index >= 15 is 0 Å². The number of β-amino-alcohol motifs (C(OH)–C–C–N with tert-alkyl or cyclic N) is 1. The molecule has 2 aromatic rings. The summed E-state index contributed by atoms with van der Waals surface area (Å²) in [5.41, 5.74) is 3.34. The van der Waals surface area contributed by atoms with Gasteiger partial charge in [0.25, 0.3) is 0 Å². The number of aliphatic hydroxyl groups is 1. The van der Waals surface area contributed by atoms with Crippen LogP contribution < -0.4 is 10.1 Å². The van der Waals surface area contributed by atoms with E-state index in [9.17, 15) is 24.6 Å². The molecule has 38 heavy (non-hydrogen) atoms. The van der Waals surface area contributed by atoms with Gasteiger partial charge in [-0.1, -0.05) is 45.0 Å². The van der Waals surface area contributed by atoms with E-state index in [-0.39, 0.29) is 19.6 Å². The third-order valence-electron chi connectivity index (χ3n) is 6.58. The Morgan fingerprint density at radius 3 is 2.50 bits per heavy atom. The highest BCUT2D eigenvalue weighted by Crippen LogP contribution is 2.38. The predicted molar refractivity (Wildman–Crippen MR) is 139 cm³/mol. The van der Waals surface area contributed by atoms with Crippen LogP contribution in [0.2, 0.25) is 0 Å². The highest BCUT2D eigenvalue weighted by molar-refractivity contribution is 6.23. The second kappa shape index (κ2) is 10.7. The summed E-state index contributed by atoms with van der Waals surface area (Å²) in [4.78, 5) is 38.2. The van der Waals surface area contributed by atoms with Crippen LogP contribution in [-0.4, -0.2) is 70.1 Å². The summed E-state index contributed by atoms with van der Waals surface area (Å²) >= 11 is 0. The summed E-state index contributed by atoms with van der Waals surface area (Å²) in [6, 6.07) is 11.0. The first-order chi connectivity index (χ1) is 18.0. The zero-order valence-corrected chi connectivity index (χ0v) is 21.4. The maximum Gasteiger partial charge on any atom is 0.408 e. The number of ether oxygens (including phenoxy) is 2. The van der Waals surface area contributed by atoms with E-state index in [1.54, 1.807) is 32.9 Å². The number of fused-ring (bicyclic) bond motifs is 3. The van der Waals surface area contributed by atoms with Crippen molar-refractivity contribution >= 4 is 23.7 Å². The lowest BCUT2D eigenvalue weighted by atomic mass is 9.85. The Morgan fingerprint density at radius 2 is 1.82 bits per heavy atom. The van der Waals surface area contributed by atoms with Crippen molar-refractivity contribution in [2.75, 3.05) is 13.2 Å². The summed E-state index contributed by atoms with van der Waals surface area (Å²) < 4.78 is 10.8. The van der Waals surface area contributed by atoms with Crippen molar-refractivity contribution < 1.29 is 34.1 Å². The molecule has 4 N–H and O–H groups in total. The first-order valence-electron chi connectivity index (χ1n) is 12.3. The molecule has 10 nitrogen and oxygen atoms in total. The molecule has 1 fully saturated rings. The smallest absolute Gasteiger partial charge is 0.408 e. The Kier molecular flexibility index (Phi) is 7.54. The number of alkyl carbamates (subject to hydrolysis) is 1. The topological polar surface area (TPSA) is 149 Å². The van der Waals surface area contributed by atoms with Gasteiger partial charge in [0, 0.05) is 24.1 Å². The van der Waals surface area contributed by atoms with Crippen molar-refractivity contribution in [2.45, 2.75) is 45.4 Å². The lowest BCUT2D eigenvalue weighted by Crippen LogP contribution is -2.56. The van der Waals surface area contributed by atoms with Gasteiger partial charge in [0.05, 0.1) is 18.1 Å². The molecule has 0 spiro atoms. The normalized spacial score (nSPS) is 19.2. The number of hydrogen-bond acceptors (Lipinski definition) is 7. The molecule has 2 amide bonds. The van der Waals surface area contributed by atoms with E-state index in [1.807, 2.05) is 30.3 Å². The van der Waals surface area contributed by atoms with Gasteiger partial charge in [-0.25, -0.2) is 9.59 Å². The van der Waals surface area contributed by atoms with E-state index in [0.717, 1.165) is 27.2 Å². The van der Waals surface area contributed by atoms with Gasteiger partial charge in [-0.15, -0.1) is 0 Å². The molecule has 10 heteroatoms. The summed E-state index contributed by atoms with van der Waals surface area (Å²) in [5, 5.41) is 30.3. The third kappa shape index (κ3) is 5.55. The predicted octanol–water partition coefficient (Wildman–Crippen LogP) is 3.16. The number of aliphatic carboxylic acids is 1. The molecule has 0 saturated carbocycles. The fourth-order valence-electron chi connectivity index (χ4n) is 4.67. The van der Waals surface area contributed by atoms with Crippen molar-refractivity contribution in [3.63, 3.8) is 0 Å². The number of carboxylic acid groups (broad SMARTS) is 1. The Bertz CT molecular complexity index is 1300. The third-order valence-corrected chi connectivity index (χ3v) is 6.58. The Hall–Kier alpha value is -4.18. The first kappa shape index (κ1) is 26.9. The summed E-state index contributed by atoms with van der Waals surface area (Å²) in [5.74, 6) is -1.28. The monoisotopic (exact) mass is 521 g/mol. The zero-order valence-electron chi connectivity index (χ0n) is 21.4. The van der Waals surface area contributed by atoms with Gasteiger partial charge in [0.15, 0.2) is 0 Å². The highest BCUT2D eigenvalue weighted by Gasteiger charge is 2.44. The van der Waals surface area contributed by atoms with E-state index in [0.29, 0.717) is 11.5 Å². The number of amides is 2. The number of carboxylic acids is 1. The number of benzene rings is 2. The Balaban J connectivity index is 1.31. The van der Waals surface area contributed by atoms with Gasteiger partial charge >= 0.3 is 12.1 Å². The Labute approximate surface area is 220 Å². The van der Waals surface area contributed by atoms with Gasteiger partial charge in [0.1, 0.15) is 24.4 Å². The fourth-order valence-corrected chi connectivity index (χ4v) is 4.67. The van der Waals surface area contributed by atoms with E-state index in [2.05, 4.69) is 5.32 Å². The first-order valence-corrected chi connectivity index (χ1v) is 12.3. The van der Waals surface area contributed by atoms with Gasteiger partial charge in [-0.05, 0) is 40.8 Å². The van der Waals surface area contributed by atoms with Gasteiger partial charge in [-0.2, -0.15) is 0 Å². The van der Waals surface area contributed by atoms with Crippen molar-refractivity contribution in [2.24, 2.45) is 5.41 Å². The molecule has 4 rings (SSSR count). The molecular formula is C28H31N3O7. The number of rotatable bonds is 7. The zero-order chi connectivity index (χ0) is 27.6. The van der Waals surface area contributed by atoms with Crippen LogP contribution in [0.25, 0.3) is 11.1 Å².